The number of rotatable bonds is 3. The highest BCUT2D eigenvalue weighted by Gasteiger charge is 2.34. The summed E-state index contributed by atoms with van der Waals surface area (Å²) < 4.78 is 6.86. The number of hydrogen-bond acceptors (Lipinski definition) is 4. The third-order valence-electron chi connectivity index (χ3n) is 4.05. The molecule has 3 heterocycles. The molecule has 0 bridgehead atoms. The molecule has 1 aliphatic heterocycles. The lowest BCUT2D eigenvalue weighted by Crippen LogP contribution is -2.31. The number of carbonyl (C=O) groups excluding carboxylic acids is 1. The summed E-state index contributed by atoms with van der Waals surface area (Å²) in [6.07, 6.45) is 3.37. The van der Waals surface area contributed by atoms with Crippen LogP contribution in [0.25, 0.3) is 0 Å². The fourth-order valence-electron chi connectivity index (χ4n) is 2.74. The van der Waals surface area contributed by atoms with Crippen molar-refractivity contribution in [3.8, 4) is 0 Å². The molecule has 0 aliphatic carbocycles. The fourth-order valence-corrected chi connectivity index (χ4v) is 2.74. The number of aromatic amines is 1. The van der Waals surface area contributed by atoms with Crippen LogP contribution < -0.4 is 5.56 Å². The van der Waals surface area contributed by atoms with Gasteiger partial charge in [-0.05, 0) is 18.8 Å². The molecule has 0 unspecified atom stereocenters. The highest BCUT2D eigenvalue weighted by molar-refractivity contribution is 5.92. The number of oxazole rings is 1. The van der Waals surface area contributed by atoms with E-state index in [0.29, 0.717) is 18.1 Å². The molecule has 1 saturated heterocycles. The summed E-state index contributed by atoms with van der Waals surface area (Å²) in [5.74, 6) is 0.672. The summed E-state index contributed by atoms with van der Waals surface area (Å²) in [6.45, 7) is 4.74. The summed E-state index contributed by atoms with van der Waals surface area (Å²) >= 11 is 0. The zero-order chi connectivity index (χ0) is 15.9. The van der Waals surface area contributed by atoms with Crippen LogP contribution in [-0.4, -0.2) is 32.1 Å². The first kappa shape index (κ1) is 14.6. The third kappa shape index (κ3) is 2.47. The number of aryl methyl sites for hydroxylation is 1. The Labute approximate surface area is 127 Å². The molecule has 2 aromatic rings. The van der Waals surface area contributed by atoms with Gasteiger partial charge in [-0.3, -0.25) is 19.4 Å². The minimum atomic E-state index is -0.225. The zero-order valence-corrected chi connectivity index (χ0v) is 13.0. The minimum Gasteiger partial charge on any atom is -0.446 e. The summed E-state index contributed by atoms with van der Waals surface area (Å²) in [5, 5.41) is 2.78. The Morgan fingerprint density at radius 1 is 1.50 bits per heavy atom. The normalized spacial score (nSPS) is 18.4. The van der Waals surface area contributed by atoms with E-state index in [0.717, 1.165) is 18.5 Å². The van der Waals surface area contributed by atoms with E-state index in [4.69, 9.17) is 4.42 Å². The minimum absolute atomic E-state index is 0.163. The van der Waals surface area contributed by atoms with E-state index in [2.05, 4.69) is 10.1 Å². The highest BCUT2D eigenvalue weighted by atomic mass is 16.3. The number of aromatic nitrogens is 3. The topological polar surface area (TPSA) is 84.1 Å². The van der Waals surface area contributed by atoms with Crippen molar-refractivity contribution in [3.63, 3.8) is 0 Å². The van der Waals surface area contributed by atoms with E-state index in [9.17, 15) is 9.59 Å². The molecule has 0 aromatic carbocycles. The van der Waals surface area contributed by atoms with Crippen molar-refractivity contribution in [1.29, 1.82) is 0 Å². The van der Waals surface area contributed by atoms with Crippen LogP contribution in [0, 0.1) is 0 Å². The number of carbonyl (C=O) groups is 1. The van der Waals surface area contributed by atoms with Gasteiger partial charge in [0.1, 0.15) is 18.0 Å². The molecule has 1 amide bonds. The lowest BCUT2D eigenvalue weighted by Gasteiger charge is -2.21. The first-order chi connectivity index (χ1) is 10.5. The number of hydrogen-bond donors (Lipinski definition) is 1. The maximum atomic E-state index is 12.6. The summed E-state index contributed by atoms with van der Waals surface area (Å²) in [7, 11) is 1.59. The van der Waals surface area contributed by atoms with Crippen molar-refractivity contribution < 1.29 is 9.21 Å². The molecular weight excluding hydrogens is 284 g/mol. The second-order valence-electron chi connectivity index (χ2n) is 5.99. The summed E-state index contributed by atoms with van der Waals surface area (Å²) in [6, 6.07) is 1.16. The van der Waals surface area contributed by atoms with E-state index in [1.165, 1.54) is 10.7 Å². The molecule has 1 fully saturated rings. The molecule has 2 aromatic heterocycles. The monoisotopic (exact) mass is 304 g/mol. The Balaban J connectivity index is 1.86. The molecule has 3 rings (SSSR count). The van der Waals surface area contributed by atoms with Crippen molar-refractivity contribution in [2.45, 2.75) is 38.6 Å². The molecular formula is C15H20N4O3. The average Bonchev–Trinajstić information content (AvgIpc) is 3.17. The van der Waals surface area contributed by atoms with Crippen LogP contribution in [-0.2, 0) is 7.05 Å². The summed E-state index contributed by atoms with van der Waals surface area (Å²) in [4.78, 5) is 30.4. The molecule has 0 radical (unpaired) electrons. The van der Waals surface area contributed by atoms with Gasteiger partial charge in [-0.1, -0.05) is 13.8 Å². The van der Waals surface area contributed by atoms with E-state index in [1.54, 1.807) is 18.2 Å². The lowest BCUT2D eigenvalue weighted by molar-refractivity contribution is 0.0708. The van der Waals surface area contributed by atoms with Crippen LogP contribution in [0.5, 0.6) is 0 Å². The molecule has 1 N–H and O–H groups in total. The average molecular weight is 304 g/mol. The molecule has 1 aliphatic rings. The largest absolute Gasteiger partial charge is 0.446 e. The molecule has 0 saturated carbocycles. The Morgan fingerprint density at radius 2 is 2.27 bits per heavy atom. The lowest BCUT2D eigenvalue weighted by atomic mass is 10.1. The zero-order valence-electron chi connectivity index (χ0n) is 13.0. The van der Waals surface area contributed by atoms with Crippen LogP contribution in [0.4, 0.5) is 0 Å². The predicted octanol–water partition coefficient (Wildman–Crippen LogP) is 1.80. The van der Waals surface area contributed by atoms with Crippen molar-refractivity contribution in [2.75, 3.05) is 6.54 Å². The molecule has 1 atom stereocenters. The maximum Gasteiger partial charge on any atom is 0.272 e. The van der Waals surface area contributed by atoms with Crippen LogP contribution in [0.1, 0.15) is 60.7 Å². The SMILES string of the molecule is CC(C)c1coc([C@@H]2CCCN2C(=O)c2cc(=O)n(C)[nH]2)n1. The molecule has 7 nitrogen and oxygen atoms in total. The predicted molar refractivity (Wildman–Crippen MR) is 79.6 cm³/mol. The van der Waals surface area contributed by atoms with Crippen LogP contribution in [0.3, 0.4) is 0 Å². The van der Waals surface area contributed by atoms with Crippen molar-refractivity contribution >= 4 is 5.91 Å². The quantitative estimate of drug-likeness (QED) is 0.937. The van der Waals surface area contributed by atoms with Crippen LogP contribution >= 0.6 is 0 Å². The van der Waals surface area contributed by atoms with Gasteiger partial charge in [0, 0.05) is 19.7 Å². The Morgan fingerprint density at radius 3 is 2.86 bits per heavy atom. The van der Waals surface area contributed by atoms with Gasteiger partial charge in [0.05, 0.1) is 5.69 Å². The Bertz CT molecular complexity index is 740. The second kappa shape index (κ2) is 5.47. The van der Waals surface area contributed by atoms with E-state index >= 15 is 0 Å². The standard InChI is InChI=1S/C15H20N4O3/c1-9(2)11-8-22-14(16-11)12-5-4-6-19(12)15(21)10-7-13(20)18(3)17-10/h7-9,12,17H,4-6H2,1-3H3/t12-/m0/s1. The van der Waals surface area contributed by atoms with Gasteiger partial charge in [0.25, 0.3) is 11.5 Å². The first-order valence-corrected chi connectivity index (χ1v) is 7.49. The van der Waals surface area contributed by atoms with Crippen LogP contribution in [0.15, 0.2) is 21.5 Å². The molecule has 118 valence electrons. The molecule has 7 heteroatoms. The van der Waals surface area contributed by atoms with Crippen LogP contribution in [0.2, 0.25) is 0 Å². The van der Waals surface area contributed by atoms with E-state index in [-0.39, 0.29) is 23.4 Å². The molecule has 0 spiro atoms. The smallest absolute Gasteiger partial charge is 0.272 e. The van der Waals surface area contributed by atoms with Crippen molar-refractivity contribution in [2.24, 2.45) is 7.05 Å². The van der Waals surface area contributed by atoms with Crippen molar-refractivity contribution in [1.82, 2.24) is 19.7 Å². The van der Waals surface area contributed by atoms with Gasteiger partial charge in [-0.15, -0.1) is 0 Å². The Hall–Kier alpha value is -2.31. The highest BCUT2D eigenvalue weighted by Crippen LogP contribution is 2.33. The number of likely N-dealkylation sites (tertiary alicyclic amines) is 1. The van der Waals surface area contributed by atoms with Gasteiger partial charge in [-0.25, -0.2) is 4.98 Å². The Kier molecular flexibility index (Phi) is 3.64. The van der Waals surface area contributed by atoms with Gasteiger partial charge >= 0.3 is 0 Å². The number of nitrogens with one attached hydrogen (secondary N) is 1. The number of nitrogens with zero attached hydrogens (tertiary/aromatic N) is 3. The van der Waals surface area contributed by atoms with Crippen molar-refractivity contribution in [3.05, 3.63) is 40.0 Å². The maximum absolute atomic E-state index is 12.6. The van der Waals surface area contributed by atoms with Gasteiger partial charge in [0.2, 0.25) is 5.89 Å². The number of H-pyrrole nitrogens is 1. The fraction of sp³-hybridized carbons (Fsp3) is 0.533. The van der Waals surface area contributed by atoms with E-state index < -0.39 is 0 Å². The second-order valence-corrected chi connectivity index (χ2v) is 5.99. The third-order valence-corrected chi connectivity index (χ3v) is 4.05. The van der Waals surface area contributed by atoms with Gasteiger partial charge in [0.15, 0.2) is 0 Å². The summed E-state index contributed by atoms with van der Waals surface area (Å²) in [5.41, 5.74) is 0.967. The molecule has 22 heavy (non-hydrogen) atoms. The van der Waals surface area contributed by atoms with Gasteiger partial charge < -0.3 is 9.32 Å². The first-order valence-electron chi connectivity index (χ1n) is 7.49. The number of amides is 1. The van der Waals surface area contributed by atoms with E-state index in [1.807, 2.05) is 13.8 Å². The van der Waals surface area contributed by atoms with Gasteiger partial charge in [-0.2, -0.15) is 0 Å².